The minimum absolute atomic E-state index is 0.0129. The molecule has 1 N–H and O–H groups in total. The zero-order chi connectivity index (χ0) is 16.6. The molecule has 0 saturated heterocycles. The lowest BCUT2D eigenvalue weighted by atomic mass is 10.3. The molecule has 4 nitrogen and oxygen atoms in total. The highest BCUT2D eigenvalue weighted by Gasteiger charge is 2.39. The van der Waals surface area contributed by atoms with E-state index in [-0.39, 0.29) is 16.4 Å². The molecular weight excluding hydrogens is 359 g/mol. The van der Waals surface area contributed by atoms with Crippen LogP contribution in [0.4, 0.5) is 11.4 Å². The van der Waals surface area contributed by atoms with Crippen molar-refractivity contribution in [2.45, 2.75) is 0 Å². The van der Waals surface area contributed by atoms with Gasteiger partial charge in [-0.1, -0.05) is 53.0 Å². The van der Waals surface area contributed by atoms with E-state index in [0.29, 0.717) is 15.7 Å². The fraction of sp³-hybridized carbons (Fsp3) is 0. The second-order valence-electron chi connectivity index (χ2n) is 4.75. The smallest absolute Gasteiger partial charge is 0.283 e. The van der Waals surface area contributed by atoms with Crippen LogP contribution in [0.5, 0.6) is 0 Å². The minimum atomic E-state index is -0.631. The van der Waals surface area contributed by atoms with Crippen LogP contribution in [0.25, 0.3) is 0 Å². The number of hydrogen-bond acceptors (Lipinski definition) is 3. The van der Waals surface area contributed by atoms with Crippen molar-refractivity contribution in [1.82, 2.24) is 0 Å². The monoisotopic (exact) mass is 366 g/mol. The summed E-state index contributed by atoms with van der Waals surface area (Å²) >= 11 is 17.9. The maximum atomic E-state index is 12.6. The first-order valence-electron chi connectivity index (χ1n) is 6.54. The third-order valence-corrected chi connectivity index (χ3v) is 3.96. The van der Waals surface area contributed by atoms with Gasteiger partial charge < -0.3 is 5.32 Å². The van der Waals surface area contributed by atoms with E-state index in [2.05, 4.69) is 5.32 Å². The molecule has 1 aliphatic rings. The van der Waals surface area contributed by atoms with Crippen molar-refractivity contribution in [2.75, 3.05) is 10.2 Å². The molecule has 2 aromatic carbocycles. The van der Waals surface area contributed by atoms with Crippen molar-refractivity contribution in [3.05, 3.63) is 69.3 Å². The third-order valence-electron chi connectivity index (χ3n) is 3.18. The first-order chi connectivity index (χ1) is 11.0. The highest BCUT2D eigenvalue weighted by molar-refractivity contribution is 6.53. The van der Waals surface area contributed by atoms with Gasteiger partial charge in [0.15, 0.2) is 0 Å². The zero-order valence-electron chi connectivity index (χ0n) is 11.5. The largest absolute Gasteiger partial charge is 0.350 e. The number of carbonyl (C=O) groups is 2. The van der Waals surface area contributed by atoms with Gasteiger partial charge in [-0.05, 0) is 30.3 Å². The van der Waals surface area contributed by atoms with Gasteiger partial charge in [-0.3, -0.25) is 9.59 Å². The quantitative estimate of drug-likeness (QED) is 0.817. The number of amides is 2. The average molecular weight is 368 g/mol. The van der Waals surface area contributed by atoms with Crippen molar-refractivity contribution >= 4 is 58.0 Å². The molecule has 0 radical (unpaired) electrons. The zero-order valence-corrected chi connectivity index (χ0v) is 13.8. The first kappa shape index (κ1) is 15.9. The van der Waals surface area contributed by atoms with Crippen molar-refractivity contribution in [1.29, 1.82) is 0 Å². The summed E-state index contributed by atoms with van der Waals surface area (Å²) in [6.45, 7) is 0. The Morgan fingerprint density at radius 3 is 2.04 bits per heavy atom. The van der Waals surface area contributed by atoms with Gasteiger partial charge in [-0.15, -0.1) is 0 Å². The predicted molar refractivity (Wildman–Crippen MR) is 91.9 cm³/mol. The van der Waals surface area contributed by atoms with Crippen molar-refractivity contribution in [3.8, 4) is 0 Å². The molecule has 2 aromatic rings. The number of rotatable bonds is 3. The molecule has 1 heterocycles. The number of benzene rings is 2. The highest BCUT2D eigenvalue weighted by Crippen LogP contribution is 2.33. The number of halogens is 3. The molecule has 2 amide bonds. The number of nitrogens with one attached hydrogen (secondary N) is 1. The van der Waals surface area contributed by atoms with Gasteiger partial charge in [-0.25, -0.2) is 4.90 Å². The number of hydrogen-bond donors (Lipinski definition) is 1. The summed E-state index contributed by atoms with van der Waals surface area (Å²) in [4.78, 5) is 25.8. The molecule has 0 saturated carbocycles. The lowest BCUT2D eigenvalue weighted by Gasteiger charge is -2.15. The number of carbonyl (C=O) groups excluding carboxylic acids is 2. The topological polar surface area (TPSA) is 49.4 Å². The Morgan fingerprint density at radius 2 is 1.43 bits per heavy atom. The molecule has 0 spiro atoms. The summed E-state index contributed by atoms with van der Waals surface area (Å²) in [7, 11) is 0. The van der Waals surface area contributed by atoms with Crippen LogP contribution in [0.2, 0.25) is 10.0 Å². The van der Waals surface area contributed by atoms with Gasteiger partial charge in [0.05, 0.1) is 5.69 Å². The Morgan fingerprint density at radius 1 is 0.826 bits per heavy atom. The van der Waals surface area contributed by atoms with E-state index in [9.17, 15) is 9.59 Å². The molecule has 0 fully saturated rings. The van der Waals surface area contributed by atoms with Gasteiger partial charge in [0.25, 0.3) is 11.8 Å². The second kappa shape index (κ2) is 6.24. The van der Waals surface area contributed by atoms with E-state index >= 15 is 0 Å². The third kappa shape index (κ3) is 3.06. The molecule has 0 bridgehead atoms. The maximum absolute atomic E-state index is 12.6. The Kier molecular flexibility index (Phi) is 4.31. The number of anilines is 2. The fourth-order valence-corrected chi connectivity index (χ4v) is 2.91. The molecule has 0 aliphatic carbocycles. The molecular formula is C16H9Cl3N2O2. The van der Waals surface area contributed by atoms with Crippen LogP contribution in [-0.4, -0.2) is 11.8 Å². The van der Waals surface area contributed by atoms with E-state index in [0.717, 1.165) is 4.90 Å². The Hall–Kier alpha value is -2.01. The minimum Gasteiger partial charge on any atom is -0.350 e. The van der Waals surface area contributed by atoms with Gasteiger partial charge in [-0.2, -0.15) is 0 Å². The fourth-order valence-electron chi connectivity index (χ4n) is 2.18. The van der Waals surface area contributed by atoms with Crippen LogP contribution in [0, 0.1) is 0 Å². The van der Waals surface area contributed by atoms with Gasteiger partial charge in [0.1, 0.15) is 10.7 Å². The highest BCUT2D eigenvalue weighted by atomic mass is 35.5. The van der Waals surface area contributed by atoms with Crippen LogP contribution < -0.4 is 10.2 Å². The molecule has 116 valence electrons. The molecule has 3 rings (SSSR count). The Balaban J connectivity index is 1.95. The summed E-state index contributed by atoms with van der Waals surface area (Å²) in [6, 6.07) is 13.4. The van der Waals surface area contributed by atoms with E-state index in [1.54, 1.807) is 24.3 Å². The van der Waals surface area contributed by atoms with Crippen LogP contribution in [0.15, 0.2) is 59.3 Å². The second-order valence-corrected chi connectivity index (χ2v) is 6.00. The lowest BCUT2D eigenvalue weighted by Crippen LogP contribution is -2.32. The molecule has 23 heavy (non-hydrogen) atoms. The Labute approximate surface area is 147 Å². The standard InChI is InChI=1S/C16H9Cl3N2O2/c17-9-6-10(18)8-12(7-9)21-15(22)13(19)14(16(21)23)20-11-4-2-1-3-5-11/h1-8,20H. The van der Waals surface area contributed by atoms with E-state index in [1.165, 1.54) is 18.2 Å². The predicted octanol–water partition coefficient (Wildman–Crippen LogP) is 4.43. The molecule has 0 aromatic heterocycles. The van der Waals surface area contributed by atoms with E-state index in [4.69, 9.17) is 34.8 Å². The summed E-state index contributed by atoms with van der Waals surface area (Å²) < 4.78 is 0. The van der Waals surface area contributed by atoms with Gasteiger partial charge >= 0.3 is 0 Å². The number of nitrogens with zero attached hydrogens (tertiary/aromatic N) is 1. The summed E-state index contributed by atoms with van der Waals surface area (Å²) in [5.74, 6) is -1.20. The van der Waals surface area contributed by atoms with Crippen LogP contribution >= 0.6 is 34.8 Å². The number of imide groups is 1. The van der Waals surface area contributed by atoms with Crippen LogP contribution in [0.3, 0.4) is 0 Å². The maximum Gasteiger partial charge on any atom is 0.283 e. The molecule has 0 atom stereocenters. The Bertz CT molecular complexity index is 814. The van der Waals surface area contributed by atoms with Crippen LogP contribution in [0.1, 0.15) is 0 Å². The molecule has 0 unspecified atom stereocenters. The molecule has 1 aliphatic heterocycles. The lowest BCUT2D eigenvalue weighted by molar-refractivity contribution is -0.120. The van der Waals surface area contributed by atoms with E-state index < -0.39 is 11.8 Å². The van der Waals surface area contributed by atoms with E-state index in [1.807, 2.05) is 6.07 Å². The van der Waals surface area contributed by atoms with Crippen molar-refractivity contribution in [2.24, 2.45) is 0 Å². The first-order valence-corrected chi connectivity index (χ1v) is 7.67. The average Bonchev–Trinajstić information content (AvgIpc) is 2.71. The normalized spacial score (nSPS) is 14.7. The van der Waals surface area contributed by atoms with Gasteiger partial charge in [0, 0.05) is 15.7 Å². The van der Waals surface area contributed by atoms with Crippen molar-refractivity contribution in [3.63, 3.8) is 0 Å². The molecule has 7 heteroatoms. The van der Waals surface area contributed by atoms with Crippen LogP contribution in [-0.2, 0) is 9.59 Å². The van der Waals surface area contributed by atoms with Gasteiger partial charge in [0.2, 0.25) is 0 Å². The summed E-state index contributed by atoms with van der Waals surface area (Å²) in [5.41, 5.74) is 0.923. The van der Waals surface area contributed by atoms with Crippen molar-refractivity contribution < 1.29 is 9.59 Å². The SMILES string of the molecule is O=C1C(Cl)=C(Nc2ccccc2)C(=O)N1c1cc(Cl)cc(Cl)c1. The number of para-hydroxylation sites is 1. The summed E-state index contributed by atoms with van der Waals surface area (Å²) in [5, 5.41) is 3.31. The summed E-state index contributed by atoms with van der Waals surface area (Å²) in [6.07, 6.45) is 0.